The summed E-state index contributed by atoms with van der Waals surface area (Å²) in [4.78, 5) is 22.2. The van der Waals surface area contributed by atoms with Crippen LogP contribution in [0.2, 0.25) is 0 Å². The summed E-state index contributed by atoms with van der Waals surface area (Å²) < 4.78 is 10.7. The topological polar surface area (TPSA) is 111 Å². The number of anilines is 1. The van der Waals surface area contributed by atoms with Crippen LogP contribution in [0, 0.1) is 6.92 Å². The molecule has 0 aliphatic rings. The van der Waals surface area contributed by atoms with E-state index in [1.807, 2.05) is 6.07 Å². The van der Waals surface area contributed by atoms with Gasteiger partial charge in [-0.1, -0.05) is 18.2 Å². The molecule has 0 aliphatic heterocycles. The third kappa shape index (κ3) is 4.41. The fourth-order valence-corrected chi connectivity index (χ4v) is 2.42. The maximum atomic E-state index is 11.2. The van der Waals surface area contributed by atoms with Crippen molar-refractivity contribution in [1.29, 1.82) is 0 Å². The number of ether oxygens (including phenoxy) is 2. The van der Waals surface area contributed by atoms with Gasteiger partial charge in [-0.2, -0.15) is 0 Å². The smallest absolute Gasteiger partial charge is 0.336 e. The second kappa shape index (κ2) is 8.05. The van der Waals surface area contributed by atoms with Crippen molar-refractivity contribution in [3.8, 4) is 11.5 Å². The number of carboxylic acids is 1. The van der Waals surface area contributed by atoms with Crippen LogP contribution >= 0.6 is 0 Å². The molecule has 7 nitrogen and oxygen atoms in total. The Morgan fingerprint density at radius 2 is 1.92 bits per heavy atom. The summed E-state index contributed by atoms with van der Waals surface area (Å²) in [6, 6.07) is 10.4. The van der Waals surface area contributed by atoms with Gasteiger partial charge in [0.25, 0.3) is 5.91 Å². The highest BCUT2D eigenvalue weighted by atomic mass is 16.5. The van der Waals surface area contributed by atoms with Crippen LogP contribution in [0.5, 0.6) is 11.5 Å². The van der Waals surface area contributed by atoms with Crippen LogP contribution in [0.4, 0.5) is 5.69 Å². The number of para-hydroxylation sites is 1. The van der Waals surface area contributed by atoms with Crippen molar-refractivity contribution in [2.45, 2.75) is 13.5 Å². The maximum Gasteiger partial charge on any atom is 0.336 e. The van der Waals surface area contributed by atoms with E-state index in [-0.39, 0.29) is 12.2 Å². The van der Waals surface area contributed by atoms with E-state index in [9.17, 15) is 14.7 Å². The van der Waals surface area contributed by atoms with Crippen molar-refractivity contribution in [2.75, 3.05) is 19.0 Å². The summed E-state index contributed by atoms with van der Waals surface area (Å²) >= 11 is 0. The van der Waals surface area contributed by atoms with Crippen LogP contribution in [-0.4, -0.2) is 30.7 Å². The fraction of sp³-hybridized carbons (Fsp3) is 0.222. The molecule has 1 amide bonds. The second-order valence-electron chi connectivity index (χ2n) is 5.34. The molecule has 25 heavy (non-hydrogen) atoms. The van der Waals surface area contributed by atoms with Crippen molar-refractivity contribution >= 4 is 17.6 Å². The van der Waals surface area contributed by atoms with Crippen LogP contribution in [0.25, 0.3) is 0 Å². The molecule has 0 heterocycles. The van der Waals surface area contributed by atoms with Gasteiger partial charge in [-0.05, 0) is 30.7 Å². The predicted octanol–water partition coefficient (Wildman–Crippen LogP) is 2.18. The number of hydrogen-bond acceptors (Lipinski definition) is 5. The van der Waals surface area contributed by atoms with E-state index in [2.05, 4.69) is 5.32 Å². The number of carbonyl (C=O) groups excluding carboxylic acids is 1. The molecule has 2 aromatic rings. The Bertz CT molecular complexity index is 789. The Labute approximate surface area is 145 Å². The second-order valence-corrected chi connectivity index (χ2v) is 5.34. The SMILES string of the molecule is COc1cccc(CNc2cccc(C(=O)O)c2C)c1OCC(N)=O. The van der Waals surface area contributed by atoms with Gasteiger partial charge < -0.3 is 25.6 Å². The third-order valence-electron chi connectivity index (χ3n) is 3.67. The number of hydrogen-bond donors (Lipinski definition) is 3. The molecule has 0 bridgehead atoms. The molecule has 0 saturated carbocycles. The van der Waals surface area contributed by atoms with Crippen LogP contribution in [0.15, 0.2) is 36.4 Å². The monoisotopic (exact) mass is 344 g/mol. The zero-order chi connectivity index (χ0) is 18.4. The van der Waals surface area contributed by atoms with Crippen molar-refractivity contribution in [2.24, 2.45) is 5.73 Å². The van der Waals surface area contributed by atoms with Crippen molar-refractivity contribution < 1.29 is 24.2 Å². The minimum atomic E-state index is -0.979. The molecule has 0 radical (unpaired) electrons. The van der Waals surface area contributed by atoms with Gasteiger partial charge in [0.15, 0.2) is 18.1 Å². The molecule has 0 saturated heterocycles. The van der Waals surface area contributed by atoms with E-state index in [0.717, 1.165) is 5.56 Å². The number of carboxylic acid groups (broad SMARTS) is 1. The normalized spacial score (nSPS) is 10.2. The summed E-state index contributed by atoms with van der Waals surface area (Å²) in [5, 5.41) is 12.4. The summed E-state index contributed by atoms with van der Waals surface area (Å²) in [5.74, 6) is -0.664. The van der Waals surface area contributed by atoms with Crippen LogP contribution in [0.1, 0.15) is 21.5 Å². The predicted molar refractivity (Wildman–Crippen MR) is 93.1 cm³/mol. The highest BCUT2D eigenvalue weighted by Crippen LogP contribution is 2.32. The summed E-state index contributed by atoms with van der Waals surface area (Å²) in [6.45, 7) is 1.83. The minimum Gasteiger partial charge on any atom is -0.493 e. The molecule has 0 aromatic heterocycles. The molecule has 2 rings (SSSR count). The largest absolute Gasteiger partial charge is 0.493 e. The first-order valence-corrected chi connectivity index (χ1v) is 7.57. The van der Waals surface area contributed by atoms with E-state index in [1.54, 1.807) is 37.3 Å². The average Bonchev–Trinajstić information content (AvgIpc) is 2.58. The lowest BCUT2D eigenvalue weighted by Crippen LogP contribution is -2.21. The van der Waals surface area contributed by atoms with Gasteiger partial charge >= 0.3 is 5.97 Å². The van der Waals surface area contributed by atoms with Crippen LogP contribution in [-0.2, 0) is 11.3 Å². The zero-order valence-corrected chi connectivity index (χ0v) is 14.0. The maximum absolute atomic E-state index is 11.2. The lowest BCUT2D eigenvalue weighted by atomic mass is 10.1. The molecule has 132 valence electrons. The quantitative estimate of drug-likeness (QED) is 0.677. The number of primary amides is 1. The molecule has 0 aliphatic carbocycles. The Morgan fingerprint density at radius 3 is 2.56 bits per heavy atom. The van der Waals surface area contributed by atoms with Gasteiger partial charge in [-0.15, -0.1) is 0 Å². The Balaban J connectivity index is 2.25. The van der Waals surface area contributed by atoms with Crippen LogP contribution < -0.4 is 20.5 Å². The van der Waals surface area contributed by atoms with E-state index in [0.29, 0.717) is 29.3 Å². The van der Waals surface area contributed by atoms with Gasteiger partial charge in [-0.3, -0.25) is 4.79 Å². The molecule has 2 aromatic carbocycles. The van der Waals surface area contributed by atoms with E-state index < -0.39 is 11.9 Å². The van der Waals surface area contributed by atoms with E-state index in [1.165, 1.54) is 7.11 Å². The molecular formula is C18H20N2O5. The first-order chi connectivity index (χ1) is 11.9. The number of amides is 1. The average molecular weight is 344 g/mol. The number of nitrogens with two attached hydrogens (primary N) is 1. The number of carbonyl (C=O) groups is 2. The van der Waals surface area contributed by atoms with Crippen molar-refractivity contribution in [3.05, 3.63) is 53.1 Å². The number of benzene rings is 2. The minimum absolute atomic E-state index is 0.237. The number of nitrogens with one attached hydrogen (secondary N) is 1. The zero-order valence-electron chi connectivity index (χ0n) is 14.0. The Kier molecular flexibility index (Phi) is 5.84. The van der Waals surface area contributed by atoms with E-state index in [4.69, 9.17) is 15.2 Å². The Hall–Kier alpha value is -3.22. The summed E-state index contributed by atoms with van der Waals surface area (Å²) in [5.41, 5.74) is 7.46. The third-order valence-corrected chi connectivity index (χ3v) is 3.67. The molecule has 0 atom stereocenters. The van der Waals surface area contributed by atoms with Gasteiger partial charge in [0, 0.05) is 17.8 Å². The van der Waals surface area contributed by atoms with Gasteiger partial charge in [-0.25, -0.2) is 4.79 Å². The molecule has 0 unspecified atom stereocenters. The highest BCUT2D eigenvalue weighted by molar-refractivity contribution is 5.91. The van der Waals surface area contributed by atoms with Gasteiger partial charge in [0.05, 0.1) is 12.7 Å². The highest BCUT2D eigenvalue weighted by Gasteiger charge is 2.13. The first-order valence-electron chi connectivity index (χ1n) is 7.57. The number of methoxy groups -OCH3 is 1. The molecule has 7 heteroatoms. The van der Waals surface area contributed by atoms with Crippen molar-refractivity contribution in [1.82, 2.24) is 0 Å². The fourth-order valence-electron chi connectivity index (χ4n) is 2.42. The van der Waals surface area contributed by atoms with E-state index >= 15 is 0 Å². The summed E-state index contributed by atoms with van der Waals surface area (Å²) in [6.07, 6.45) is 0. The molecule has 0 spiro atoms. The molecule has 0 fully saturated rings. The first kappa shape index (κ1) is 18.1. The molecule has 4 N–H and O–H groups in total. The van der Waals surface area contributed by atoms with Crippen molar-refractivity contribution in [3.63, 3.8) is 0 Å². The Morgan fingerprint density at radius 1 is 1.20 bits per heavy atom. The summed E-state index contributed by atoms with van der Waals surface area (Å²) in [7, 11) is 1.50. The molecular weight excluding hydrogens is 324 g/mol. The number of rotatable bonds is 8. The lowest BCUT2D eigenvalue weighted by Gasteiger charge is -2.16. The van der Waals surface area contributed by atoms with Crippen LogP contribution in [0.3, 0.4) is 0 Å². The van der Waals surface area contributed by atoms with Gasteiger partial charge in [0.1, 0.15) is 0 Å². The van der Waals surface area contributed by atoms with Gasteiger partial charge in [0.2, 0.25) is 0 Å². The number of aromatic carboxylic acids is 1. The lowest BCUT2D eigenvalue weighted by molar-refractivity contribution is -0.119. The standard InChI is InChI=1S/C18H20N2O5/c1-11-13(18(22)23)6-4-7-14(11)20-9-12-5-3-8-15(24-2)17(12)25-10-16(19)21/h3-8,20H,9-10H2,1-2H3,(H2,19,21)(H,22,23).